The zero-order valence-corrected chi connectivity index (χ0v) is 8.84. The third-order valence-electron chi connectivity index (χ3n) is 1.70. The first-order valence-electron chi connectivity index (χ1n) is 3.97. The van der Waals surface area contributed by atoms with Crippen molar-refractivity contribution in [1.82, 2.24) is 0 Å². The van der Waals surface area contributed by atoms with Gasteiger partial charge in [-0.3, -0.25) is 4.79 Å². The molecule has 0 aliphatic heterocycles. The number of carbonyl (C=O) groups is 1. The van der Waals surface area contributed by atoms with Gasteiger partial charge in [0.2, 0.25) is 0 Å². The van der Waals surface area contributed by atoms with Crippen LogP contribution in [0.25, 0.3) is 0 Å². The van der Waals surface area contributed by atoms with Crippen molar-refractivity contribution >= 4 is 21.7 Å². The maximum Gasteiger partial charge on any atom is 0.167 e. The first kappa shape index (κ1) is 11.1. The summed E-state index contributed by atoms with van der Waals surface area (Å²) in [5.74, 6) is -1.81. The van der Waals surface area contributed by atoms with E-state index in [2.05, 4.69) is 15.9 Å². The van der Waals surface area contributed by atoms with Crippen LogP contribution in [0.4, 0.5) is 4.39 Å². The van der Waals surface area contributed by atoms with E-state index in [-0.39, 0.29) is 24.3 Å². The van der Waals surface area contributed by atoms with Crippen molar-refractivity contribution < 1.29 is 14.3 Å². The Hall–Kier alpha value is -0.940. The number of Topliss-reactive ketones (excluding diaryl/α,β-unsaturated/α-hetero) is 1. The van der Waals surface area contributed by atoms with Crippen LogP contribution in [0.15, 0.2) is 16.6 Å². The molecule has 1 aromatic carbocycles. The van der Waals surface area contributed by atoms with Crippen molar-refractivity contribution in [3.63, 3.8) is 0 Å². The smallest absolute Gasteiger partial charge is 0.167 e. The molecule has 0 atom stereocenters. The molecule has 5 heteroatoms. The molecule has 14 heavy (non-hydrogen) atoms. The van der Waals surface area contributed by atoms with Crippen LogP contribution in [0.2, 0.25) is 0 Å². The molecule has 1 rings (SSSR count). The second-order valence-corrected chi connectivity index (χ2v) is 3.66. The fourth-order valence-corrected chi connectivity index (χ4v) is 1.47. The highest BCUT2D eigenvalue weighted by atomic mass is 79.9. The number of benzene rings is 1. The van der Waals surface area contributed by atoms with Crippen LogP contribution in [0.1, 0.15) is 16.8 Å². The molecule has 0 radical (unpaired) electrons. The Labute approximate surface area is 88.9 Å². The van der Waals surface area contributed by atoms with Crippen molar-refractivity contribution in [2.75, 3.05) is 6.54 Å². The number of phenolic OH excluding ortho intramolecular Hbond substituents is 1. The lowest BCUT2D eigenvalue weighted by atomic mass is 10.1. The average molecular weight is 262 g/mol. The van der Waals surface area contributed by atoms with Gasteiger partial charge in [-0.1, -0.05) is 15.9 Å². The topological polar surface area (TPSA) is 63.3 Å². The van der Waals surface area contributed by atoms with E-state index in [1.54, 1.807) is 0 Å². The van der Waals surface area contributed by atoms with Gasteiger partial charge < -0.3 is 10.8 Å². The van der Waals surface area contributed by atoms with Gasteiger partial charge in [0.25, 0.3) is 0 Å². The van der Waals surface area contributed by atoms with Crippen LogP contribution in [0.3, 0.4) is 0 Å². The molecule has 3 N–H and O–H groups in total. The number of phenols is 1. The van der Waals surface area contributed by atoms with Crippen molar-refractivity contribution in [1.29, 1.82) is 0 Å². The zero-order chi connectivity index (χ0) is 10.7. The van der Waals surface area contributed by atoms with Gasteiger partial charge in [-0.05, 0) is 18.7 Å². The SMILES string of the molecule is NCCC(=O)c1cc(Br)cc(F)c1O. The van der Waals surface area contributed by atoms with Crippen molar-refractivity contribution in [2.45, 2.75) is 6.42 Å². The highest BCUT2D eigenvalue weighted by Gasteiger charge is 2.14. The fraction of sp³-hybridized carbons (Fsp3) is 0.222. The monoisotopic (exact) mass is 261 g/mol. The summed E-state index contributed by atoms with van der Waals surface area (Å²) in [6.07, 6.45) is 0.0868. The Morgan fingerprint density at radius 2 is 2.21 bits per heavy atom. The highest BCUT2D eigenvalue weighted by molar-refractivity contribution is 9.10. The van der Waals surface area contributed by atoms with E-state index in [0.29, 0.717) is 4.47 Å². The van der Waals surface area contributed by atoms with Gasteiger partial charge in [0.15, 0.2) is 17.3 Å². The summed E-state index contributed by atoms with van der Waals surface area (Å²) in [6, 6.07) is 2.46. The number of hydrogen-bond acceptors (Lipinski definition) is 3. The second-order valence-electron chi connectivity index (χ2n) is 2.75. The van der Waals surface area contributed by atoms with E-state index >= 15 is 0 Å². The minimum absolute atomic E-state index is 0.0395. The average Bonchev–Trinajstić information content (AvgIpc) is 2.11. The van der Waals surface area contributed by atoms with Crippen molar-refractivity contribution in [2.24, 2.45) is 5.73 Å². The zero-order valence-electron chi connectivity index (χ0n) is 7.26. The summed E-state index contributed by atoms with van der Waals surface area (Å²) in [5, 5.41) is 9.26. The van der Waals surface area contributed by atoms with Gasteiger partial charge >= 0.3 is 0 Å². The van der Waals surface area contributed by atoms with Gasteiger partial charge in [0.05, 0.1) is 5.56 Å². The molecule has 0 aromatic heterocycles. The highest BCUT2D eigenvalue weighted by Crippen LogP contribution is 2.26. The first-order valence-corrected chi connectivity index (χ1v) is 4.77. The molecule has 0 heterocycles. The summed E-state index contributed by atoms with van der Waals surface area (Å²) in [5.41, 5.74) is 5.15. The van der Waals surface area contributed by atoms with E-state index in [1.807, 2.05) is 0 Å². The largest absolute Gasteiger partial charge is 0.504 e. The number of halogens is 2. The van der Waals surface area contributed by atoms with Gasteiger partial charge in [0, 0.05) is 10.9 Å². The van der Waals surface area contributed by atoms with Crippen molar-refractivity contribution in [3.05, 3.63) is 28.0 Å². The van der Waals surface area contributed by atoms with E-state index in [1.165, 1.54) is 6.07 Å². The third-order valence-corrected chi connectivity index (χ3v) is 2.16. The summed E-state index contributed by atoms with van der Waals surface area (Å²) in [4.78, 5) is 11.3. The predicted octanol–water partition coefficient (Wildman–Crippen LogP) is 1.83. The van der Waals surface area contributed by atoms with E-state index in [4.69, 9.17) is 5.73 Å². The van der Waals surface area contributed by atoms with Gasteiger partial charge in [-0.25, -0.2) is 4.39 Å². The quantitative estimate of drug-likeness (QED) is 0.817. The molecule has 0 saturated heterocycles. The second kappa shape index (κ2) is 4.52. The molecule has 0 aliphatic carbocycles. The lowest BCUT2D eigenvalue weighted by molar-refractivity contribution is 0.0982. The number of rotatable bonds is 3. The molecule has 0 unspecified atom stereocenters. The van der Waals surface area contributed by atoms with Crippen LogP contribution >= 0.6 is 15.9 Å². The van der Waals surface area contributed by atoms with Gasteiger partial charge in [-0.2, -0.15) is 0 Å². The molecule has 3 nitrogen and oxygen atoms in total. The number of carbonyl (C=O) groups excluding carboxylic acids is 1. The van der Waals surface area contributed by atoms with Gasteiger partial charge in [-0.15, -0.1) is 0 Å². The number of ketones is 1. The van der Waals surface area contributed by atoms with Crippen LogP contribution in [-0.2, 0) is 0 Å². The summed E-state index contributed by atoms with van der Waals surface area (Å²) in [7, 11) is 0. The van der Waals surface area contributed by atoms with E-state index in [0.717, 1.165) is 6.07 Å². The molecular formula is C9H9BrFNO2. The van der Waals surface area contributed by atoms with Crippen LogP contribution in [0.5, 0.6) is 5.75 Å². The van der Waals surface area contributed by atoms with E-state index < -0.39 is 11.6 Å². The summed E-state index contributed by atoms with van der Waals surface area (Å²) in [6.45, 7) is 0.173. The van der Waals surface area contributed by atoms with Crippen LogP contribution < -0.4 is 5.73 Å². The number of hydrogen-bond donors (Lipinski definition) is 2. The molecule has 0 aliphatic rings. The molecule has 76 valence electrons. The van der Waals surface area contributed by atoms with Crippen LogP contribution in [0, 0.1) is 5.82 Å². The standard InChI is InChI=1S/C9H9BrFNO2/c10-5-3-6(8(13)1-2-12)9(14)7(11)4-5/h3-4,14H,1-2,12H2. The minimum atomic E-state index is -0.820. The Kier molecular flexibility index (Phi) is 3.60. The third kappa shape index (κ3) is 2.30. The van der Waals surface area contributed by atoms with Gasteiger partial charge in [0.1, 0.15) is 0 Å². The Balaban J connectivity index is 3.13. The van der Waals surface area contributed by atoms with Crippen molar-refractivity contribution in [3.8, 4) is 5.75 Å². The minimum Gasteiger partial charge on any atom is -0.504 e. The fourth-order valence-electron chi connectivity index (χ4n) is 1.04. The Morgan fingerprint density at radius 3 is 2.79 bits per heavy atom. The first-order chi connectivity index (χ1) is 6.56. The Morgan fingerprint density at radius 1 is 1.57 bits per heavy atom. The maximum absolute atomic E-state index is 13.0. The number of nitrogens with two attached hydrogens (primary N) is 1. The van der Waals surface area contributed by atoms with Crippen LogP contribution in [-0.4, -0.2) is 17.4 Å². The lowest BCUT2D eigenvalue weighted by Gasteiger charge is -2.04. The normalized spacial score (nSPS) is 10.2. The predicted molar refractivity (Wildman–Crippen MR) is 53.8 cm³/mol. The molecule has 0 spiro atoms. The number of aromatic hydroxyl groups is 1. The summed E-state index contributed by atoms with van der Waals surface area (Å²) >= 11 is 3.03. The Bertz CT molecular complexity index is 368. The molecule has 0 amide bonds. The molecule has 0 fully saturated rings. The summed E-state index contributed by atoms with van der Waals surface area (Å²) < 4.78 is 13.4. The van der Waals surface area contributed by atoms with E-state index in [9.17, 15) is 14.3 Å². The molecule has 0 saturated carbocycles. The lowest BCUT2D eigenvalue weighted by Crippen LogP contribution is -2.08. The molecule has 0 bridgehead atoms. The maximum atomic E-state index is 13.0. The molecule has 1 aromatic rings. The molecular weight excluding hydrogens is 253 g/mol.